The van der Waals surface area contributed by atoms with Gasteiger partial charge in [-0.25, -0.2) is 0 Å². The number of benzene rings is 1. The molecule has 2 heterocycles. The summed E-state index contributed by atoms with van der Waals surface area (Å²) >= 11 is 0. The van der Waals surface area contributed by atoms with Gasteiger partial charge in [0.1, 0.15) is 5.75 Å². The lowest BCUT2D eigenvalue weighted by atomic mass is 9.71. The largest absolute Gasteiger partial charge is 0.462 e. The van der Waals surface area contributed by atoms with E-state index in [4.69, 9.17) is 9.31 Å². The number of alkyl halides is 2. The van der Waals surface area contributed by atoms with Crippen molar-refractivity contribution in [2.75, 3.05) is 13.1 Å². The molecule has 0 radical (unpaired) electrons. The zero-order valence-corrected chi connectivity index (χ0v) is 15.3. The summed E-state index contributed by atoms with van der Waals surface area (Å²) in [5.74, 6) is 0.524. The molecule has 1 aromatic carbocycles. The van der Waals surface area contributed by atoms with Gasteiger partial charge in [0.05, 0.1) is 11.2 Å². The quantitative estimate of drug-likeness (QED) is 0.750. The first-order valence-corrected chi connectivity index (χ1v) is 8.78. The molecule has 1 atom stereocenters. The lowest BCUT2D eigenvalue weighted by molar-refractivity contribution is -0.0499. The van der Waals surface area contributed by atoms with Crippen molar-refractivity contribution in [3.63, 3.8) is 0 Å². The highest BCUT2D eigenvalue weighted by molar-refractivity contribution is 6.47. The molecule has 4 nitrogen and oxygen atoms in total. The van der Waals surface area contributed by atoms with Crippen LogP contribution in [0.3, 0.4) is 0 Å². The lowest BCUT2D eigenvalue weighted by Crippen LogP contribution is -2.41. The molecule has 2 saturated heterocycles. The van der Waals surface area contributed by atoms with E-state index in [9.17, 15) is 8.78 Å². The normalized spacial score (nSPS) is 25.7. The van der Waals surface area contributed by atoms with Crippen LogP contribution < -0.4 is 4.74 Å². The van der Waals surface area contributed by atoms with E-state index in [0.29, 0.717) is 12.4 Å². The molecule has 0 bridgehead atoms. The van der Waals surface area contributed by atoms with Gasteiger partial charge in [0.15, 0.2) is 0 Å². The summed E-state index contributed by atoms with van der Waals surface area (Å²) < 4.78 is 41.5. The minimum atomic E-state index is -2.80. The van der Waals surface area contributed by atoms with Crippen molar-refractivity contribution in [3.8, 4) is 5.75 Å². The Kier molecular flexibility index (Phi) is 5.10. The van der Waals surface area contributed by atoms with Crippen LogP contribution in [0.15, 0.2) is 24.3 Å². The fraction of sp³-hybridized carbons (Fsp3) is 0.667. The van der Waals surface area contributed by atoms with E-state index >= 15 is 0 Å². The van der Waals surface area contributed by atoms with E-state index in [1.54, 1.807) is 18.2 Å². The third-order valence-electron chi connectivity index (χ3n) is 5.50. The molecule has 0 spiro atoms. The van der Waals surface area contributed by atoms with Gasteiger partial charge < -0.3 is 14.0 Å². The molecular weight excluding hydrogens is 327 g/mol. The van der Waals surface area contributed by atoms with Gasteiger partial charge in [0.25, 0.3) is 0 Å². The number of hydrogen-bond acceptors (Lipinski definition) is 4. The second kappa shape index (κ2) is 6.85. The van der Waals surface area contributed by atoms with Crippen LogP contribution in [-0.2, 0) is 15.9 Å². The van der Waals surface area contributed by atoms with Crippen LogP contribution in [0.5, 0.6) is 5.75 Å². The molecule has 0 aliphatic carbocycles. The topological polar surface area (TPSA) is 30.9 Å². The third kappa shape index (κ3) is 4.15. The molecule has 0 N–H and O–H groups in total. The van der Waals surface area contributed by atoms with Gasteiger partial charge in [-0.05, 0) is 64.9 Å². The van der Waals surface area contributed by atoms with E-state index in [0.717, 1.165) is 25.1 Å². The van der Waals surface area contributed by atoms with Crippen molar-refractivity contribution < 1.29 is 22.8 Å². The Balaban J connectivity index is 1.57. The Morgan fingerprint density at radius 1 is 1.24 bits per heavy atom. The van der Waals surface area contributed by atoms with Gasteiger partial charge in [0, 0.05) is 12.4 Å². The number of hydrogen-bond donors (Lipinski definition) is 0. The monoisotopic (exact) mass is 353 g/mol. The smallest absolute Gasteiger partial charge is 0.435 e. The number of ether oxygens (including phenoxy) is 1. The average Bonchev–Trinajstić information content (AvgIpc) is 3.01. The van der Waals surface area contributed by atoms with Gasteiger partial charge in [-0.1, -0.05) is 12.1 Å². The summed E-state index contributed by atoms with van der Waals surface area (Å²) in [6, 6.07) is 6.90. The van der Waals surface area contributed by atoms with E-state index in [1.165, 1.54) is 0 Å². The Morgan fingerprint density at radius 2 is 1.92 bits per heavy atom. The number of halogens is 2. The summed E-state index contributed by atoms with van der Waals surface area (Å²) in [4.78, 5) is 2.30. The van der Waals surface area contributed by atoms with Crippen LogP contribution >= 0.6 is 0 Å². The predicted molar refractivity (Wildman–Crippen MR) is 92.8 cm³/mol. The number of nitrogens with zero attached hydrogens (tertiary/aromatic N) is 1. The SMILES string of the molecule is CC1(C)OB(C2CCN(Cc3cccc(OC(F)F)c3)C2)OC1(C)C. The molecule has 2 aliphatic heterocycles. The second-order valence-corrected chi connectivity index (χ2v) is 7.93. The fourth-order valence-corrected chi connectivity index (χ4v) is 3.39. The number of rotatable bonds is 5. The third-order valence-corrected chi connectivity index (χ3v) is 5.50. The maximum Gasteiger partial charge on any atom is 0.462 e. The minimum Gasteiger partial charge on any atom is -0.435 e. The van der Waals surface area contributed by atoms with Crippen LogP contribution in [-0.4, -0.2) is 42.9 Å². The first kappa shape index (κ1) is 18.6. The Bertz CT molecular complexity index is 596. The minimum absolute atomic E-state index is 0.191. The fourth-order valence-electron chi connectivity index (χ4n) is 3.39. The van der Waals surface area contributed by atoms with E-state index in [2.05, 4.69) is 37.3 Å². The van der Waals surface area contributed by atoms with Gasteiger partial charge in [-0.3, -0.25) is 4.90 Å². The maximum atomic E-state index is 12.3. The van der Waals surface area contributed by atoms with Crippen molar-refractivity contribution in [2.24, 2.45) is 0 Å². The highest BCUT2D eigenvalue weighted by atomic mass is 19.3. The van der Waals surface area contributed by atoms with E-state index in [1.807, 2.05) is 6.07 Å². The molecule has 3 rings (SSSR count). The molecule has 2 aliphatic rings. The molecule has 0 saturated carbocycles. The van der Waals surface area contributed by atoms with Crippen LogP contribution in [0.2, 0.25) is 5.82 Å². The zero-order valence-electron chi connectivity index (χ0n) is 15.3. The van der Waals surface area contributed by atoms with Gasteiger partial charge in [-0.2, -0.15) is 8.78 Å². The average molecular weight is 353 g/mol. The Hall–Kier alpha value is -1.18. The molecule has 2 fully saturated rings. The first-order chi connectivity index (χ1) is 11.7. The lowest BCUT2D eigenvalue weighted by Gasteiger charge is -2.32. The van der Waals surface area contributed by atoms with Crippen molar-refractivity contribution in [3.05, 3.63) is 29.8 Å². The highest BCUT2D eigenvalue weighted by Crippen LogP contribution is 2.42. The molecule has 0 aromatic heterocycles. The molecule has 138 valence electrons. The Labute approximate surface area is 148 Å². The van der Waals surface area contributed by atoms with Crippen molar-refractivity contribution in [1.29, 1.82) is 0 Å². The molecule has 1 aromatic rings. The van der Waals surface area contributed by atoms with Crippen molar-refractivity contribution in [1.82, 2.24) is 4.90 Å². The van der Waals surface area contributed by atoms with Gasteiger partial charge >= 0.3 is 13.7 Å². The maximum absolute atomic E-state index is 12.3. The number of likely N-dealkylation sites (tertiary alicyclic amines) is 1. The molecule has 1 unspecified atom stereocenters. The van der Waals surface area contributed by atoms with E-state index < -0.39 is 6.61 Å². The summed E-state index contributed by atoms with van der Waals surface area (Å²) in [6.45, 7) is 7.97. The van der Waals surface area contributed by atoms with E-state index in [-0.39, 0.29) is 24.1 Å². The molecule has 7 heteroatoms. The van der Waals surface area contributed by atoms with Gasteiger partial charge in [-0.15, -0.1) is 0 Å². The van der Waals surface area contributed by atoms with Crippen LogP contribution in [0.25, 0.3) is 0 Å². The molecular formula is C18H26BF2NO3. The molecule has 0 amide bonds. The Morgan fingerprint density at radius 3 is 2.56 bits per heavy atom. The zero-order chi connectivity index (χ0) is 18.2. The first-order valence-electron chi connectivity index (χ1n) is 8.78. The summed E-state index contributed by atoms with van der Waals surface area (Å²) in [7, 11) is -0.191. The standard InChI is InChI=1S/C18H26BF2NO3/c1-17(2)18(3,4)25-19(24-17)14-8-9-22(12-14)11-13-6-5-7-15(10-13)23-16(20)21/h5-7,10,14,16H,8-9,11-12H2,1-4H3. The summed E-state index contributed by atoms with van der Waals surface area (Å²) in [5.41, 5.74) is 0.339. The predicted octanol–water partition coefficient (Wildman–Crippen LogP) is 3.96. The second-order valence-electron chi connectivity index (χ2n) is 7.93. The van der Waals surface area contributed by atoms with Crippen LogP contribution in [0, 0.1) is 0 Å². The summed E-state index contributed by atoms with van der Waals surface area (Å²) in [5, 5.41) is 0. The summed E-state index contributed by atoms with van der Waals surface area (Å²) in [6.07, 6.45) is 1.00. The van der Waals surface area contributed by atoms with Crippen LogP contribution in [0.4, 0.5) is 8.78 Å². The van der Waals surface area contributed by atoms with Crippen LogP contribution in [0.1, 0.15) is 39.7 Å². The highest BCUT2D eigenvalue weighted by Gasteiger charge is 2.54. The van der Waals surface area contributed by atoms with Crippen molar-refractivity contribution >= 4 is 7.12 Å². The van der Waals surface area contributed by atoms with Gasteiger partial charge in [0.2, 0.25) is 0 Å². The molecule has 25 heavy (non-hydrogen) atoms. The van der Waals surface area contributed by atoms with Crippen molar-refractivity contribution in [2.45, 2.75) is 64.3 Å².